The molecule has 0 amide bonds. The van der Waals surface area contributed by atoms with E-state index in [-0.39, 0.29) is 0 Å². The fourth-order valence-electron chi connectivity index (χ4n) is 2.58. The first-order valence-corrected chi connectivity index (χ1v) is 7.66. The predicted octanol–water partition coefficient (Wildman–Crippen LogP) is 4.46. The van der Waals surface area contributed by atoms with Gasteiger partial charge >= 0.3 is 0 Å². The number of halogens is 2. The summed E-state index contributed by atoms with van der Waals surface area (Å²) in [6.07, 6.45) is 2.17. The van der Waals surface area contributed by atoms with E-state index in [1.165, 1.54) is 5.56 Å². The Morgan fingerprint density at radius 2 is 2.16 bits per heavy atom. The second-order valence-corrected chi connectivity index (χ2v) is 6.03. The summed E-state index contributed by atoms with van der Waals surface area (Å²) in [5.41, 5.74) is 1.20. The van der Waals surface area contributed by atoms with Crippen LogP contribution in [0.3, 0.4) is 0 Å². The van der Waals surface area contributed by atoms with Gasteiger partial charge in [0.05, 0.1) is 16.7 Å². The SMILES string of the molecule is CCC(NC(C)C1CCOC1)c1ccc(Cl)c(Cl)c1. The van der Waals surface area contributed by atoms with Crippen molar-refractivity contribution in [2.45, 2.75) is 38.8 Å². The normalized spacial score (nSPS) is 22.4. The average molecular weight is 302 g/mol. The predicted molar refractivity (Wildman–Crippen MR) is 81.0 cm³/mol. The molecule has 0 radical (unpaired) electrons. The second kappa shape index (κ2) is 6.94. The third-order valence-electron chi connectivity index (χ3n) is 3.89. The zero-order valence-corrected chi connectivity index (χ0v) is 13.0. The summed E-state index contributed by atoms with van der Waals surface area (Å²) < 4.78 is 5.46. The van der Waals surface area contributed by atoms with Gasteiger partial charge in [0.2, 0.25) is 0 Å². The first-order chi connectivity index (χ1) is 9.11. The first kappa shape index (κ1) is 15.1. The third-order valence-corrected chi connectivity index (χ3v) is 4.63. The molecule has 19 heavy (non-hydrogen) atoms. The number of benzene rings is 1. The highest BCUT2D eigenvalue weighted by atomic mass is 35.5. The van der Waals surface area contributed by atoms with Gasteiger partial charge in [0.1, 0.15) is 0 Å². The van der Waals surface area contributed by atoms with Crippen molar-refractivity contribution in [2.24, 2.45) is 5.92 Å². The van der Waals surface area contributed by atoms with Crippen LogP contribution >= 0.6 is 23.2 Å². The van der Waals surface area contributed by atoms with Gasteiger partial charge in [-0.25, -0.2) is 0 Å². The van der Waals surface area contributed by atoms with Crippen LogP contribution in [0.25, 0.3) is 0 Å². The monoisotopic (exact) mass is 301 g/mol. The summed E-state index contributed by atoms with van der Waals surface area (Å²) in [5, 5.41) is 4.92. The van der Waals surface area contributed by atoms with Crippen LogP contribution in [0.1, 0.15) is 38.3 Å². The minimum Gasteiger partial charge on any atom is -0.381 e. The van der Waals surface area contributed by atoms with E-state index in [1.54, 1.807) is 0 Å². The van der Waals surface area contributed by atoms with Crippen molar-refractivity contribution in [1.29, 1.82) is 0 Å². The molecule has 0 aliphatic carbocycles. The standard InChI is InChI=1S/C15H21Cl2NO/c1-3-15(11-4-5-13(16)14(17)8-11)18-10(2)12-6-7-19-9-12/h4-5,8,10,12,15,18H,3,6-7,9H2,1-2H3. The Morgan fingerprint density at radius 1 is 1.37 bits per heavy atom. The number of ether oxygens (including phenoxy) is 1. The molecule has 1 fully saturated rings. The van der Waals surface area contributed by atoms with Gasteiger partial charge in [0, 0.05) is 18.7 Å². The molecule has 2 rings (SSSR count). The van der Waals surface area contributed by atoms with Crippen molar-refractivity contribution in [2.75, 3.05) is 13.2 Å². The number of rotatable bonds is 5. The summed E-state index contributed by atoms with van der Waals surface area (Å²) in [5.74, 6) is 0.608. The van der Waals surface area contributed by atoms with Gasteiger partial charge in [-0.2, -0.15) is 0 Å². The molecule has 1 saturated heterocycles. The van der Waals surface area contributed by atoms with Crippen molar-refractivity contribution in [3.63, 3.8) is 0 Å². The van der Waals surface area contributed by atoms with Crippen LogP contribution in [-0.4, -0.2) is 19.3 Å². The van der Waals surface area contributed by atoms with Crippen LogP contribution in [-0.2, 0) is 4.74 Å². The second-order valence-electron chi connectivity index (χ2n) is 5.21. The van der Waals surface area contributed by atoms with E-state index in [0.717, 1.165) is 26.1 Å². The van der Waals surface area contributed by atoms with E-state index < -0.39 is 0 Å². The van der Waals surface area contributed by atoms with E-state index in [9.17, 15) is 0 Å². The Labute approximate surface area is 125 Å². The highest BCUT2D eigenvalue weighted by molar-refractivity contribution is 6.42. The summed E-state index contributed by atoms with van der Waals surface area (Å²) in [4.78, 5) is 0. The fourth-order valence-corrected chi connectivity index (χ4v) is 2.89. The molecule has 0 aromatic heterocycles. The summed E-state index contributed by atoms with van der Waals surface area (Å²) >= 11 is 12.1. The highest BCUT2D eigenvalue weighted by Crippen LogP contribution is 2.28. The summed E-state index contributed by atoms with van der Waals surface area (Å²) in [6.45, 7) is 6.17. The molecule has 1 heterocycles. The van der Waals surface area contributed by atoms with Crippen LogP contribution in [0.2, 0.25) is 10.0 Å². The van der Waals surface area contributed by atoms with E-state index in [1.807, 2.05) is 18.2 Å². The molecule has 1 aliphatic heterocycles. The van der Waals surface area contributed by atoms with Crippen LogP contribution < -0.4 is 5.32 Å². The van der Waals surface area contributed by atoms with Crippen molar-refractivity contribution in [3.05, 3.63) is 33.8 Å². The fraction of sp³-hybridized carbons (Fsp3) is 0.600. The minimum absolute atomic E-state index is 0.311. The molecule has 1 aromatic rings. The number of hydrogen-bond acceptors (Lipinski definition) is 2. The maximum absolute atomic E-state index is 6.10. The Hall–Kier alpha value is -0.280. The van der Waals surface area contributed by atoms with Gasteiger partial charge in [-0.05, 0) is 43.4 Å². The maximum atomic E-state index is 6.10. The van der Waals surface area contributed by atoms with E-state index in [0.29, 0.717) is 28.0 Å². The molecule has 2 nitrogen and oxygen atoms in total. The Morgan fingerprint density at radius 3 is 2.74 bits per heavy atom. The molecule has 1 aromatic carbocycles. The Bertz CT molecular complexity index is 419. The van der Waals surface area contributed by atoms with E-state index in [2.05, 4.69) is 19.2 Å². The molecule has 0 spiro atoms. The lowest BCUT2D eigenvalue weighted by molar-refractivity contribution is 0.176. The van der Waals surface area contributed by atoms with Crippen LogP contribution in [0.5, 0.6) is 0 Å². The molecule has 0 saturated carbocycles. The van der Waals surface area contributed by atoms with Crippen molar-refractivity contribution in [3.8, 4) is 0 Å². The molecule has 106 valence electrons. The van der Waals surface area contributed by atoms with Crippen molar-refractivity contribution in [1.82, 2.24) is 5.32 Å². The van der Waals surface area contributed by atoms with Crippen LogP contribution in [0, 0.1) is 5.92 Å². The van der Waals surface area contributed by atoms with Gasteiger partial charge in [-0.3, -0.25) is 0 Å². The molecule has 4 heteroatoms. The van der Waals surface area contributed by atoms with Crippen molar-refractivity contribution < 1.29 is 4.74 Å². The van der Waals surface area contributed by atoms with Gasteiger partial charge in [-0.15, -0.1) is 0 Å². The average Bonchev–Trinajstić information content (AvgIpc) is 2.93. The minimum atomic E-state index is 0.311. The highest BCUT2D eigenvalue weighted by Gasteiger charge is 2.24. The molecule has 3 atom stereocenters. The molecular formula is C15H21Cl2NO. The van der Waals surface area contributed by atoms with Gasteiger partial charge in [0.25, 0.3) is 0 Å². The molecule has 3 unspecified atom stereocenters. The van der Waals surface area contributed by atoms with Crippen LogP contribution in [0.15, 0.2) is 18.2 Å². The van der Waals surface area contributed by atoms with Crippen molar-refractivity contribution >= 4 is 23.2 Å². The summed E-state index contributed by atoms with van der Waals surface area (Å²) in [6, 6.07) is 6.63. The summed E-state index contributed by atoms with van der Waals surface area (Å²) in [7, 11) is 0. The largest absolute Gasteiger partial charge is 0.381 e. The van der Waals surface area contributed by atoms with Gasteiger partial charge < -0.3 is 10.1 Å². The Balaban J connectivity index is 2.04. The zero-order valence-electron chi connectivity index (χ0n) is 11.5. The molecule has 1 aliphatic rings. The number of nitrogens with one attached hydrogen (secondary N) is 1. The number of hydrogen-bond donors (Lipinski definition) is 1. The van der Waals surface area contributed by atoms with Gasteiger partial charge in [0.15, 0.2) is 0 Å². The maximum Gasteiger partial charge on any atom is 0.0595 e. The topological polar surface area (TPSA) is 21.3 Å². The van der Waals surface area contributed by atoms with Crippen LogP contribution in [0.4, 0.5) is 0 Å². The lowest BCUT2D eigenvalue weighted by Gasteiger charge is -2.26. The molecule has 1 N–H and O–H groups in total. The quantitative estimate of drug-likeness (QED) is 0.867. The third kappa shape index (κ3) is 3.85. The van der Waals surface area contributed by atoms with Gasteiger partial charge in [-0.1, -0.05) is 36.2 Å². The first-order valence-electron chi connectivity index (χ1n) is 6.90. The van der Waals surface area contributed by atoms with E-state index in [4.69, 9.17) is 27.9 Å². The lowest BCUT2D eigenvalue weighted by Crippen LogP contribution is -2.36. The molecular weight excluding hydrogens is 281 g/mol. The zero-order chi connectivity index (χ0) is 13.8. The Kier molecular flexibility index (Phi) is 5.52. The lowest BCUT2D eigenvalue weighted by atomic mass is 9.97. The molecule has 0 bridgehead atoms. The van der Waals surface area contributed by atoms with E-state index >= 15 is 0 Å². The smallest absolute Gasteiger partial charge is 0.0595 e.